The van der Waals surface area contributed by atoms with Gasteiger partial charge in [-0.15, -0.1) is 0 Å². The Bertz CT molecular complexity index is 1040. The van der Waals surface area contributed by atoms with Gasteiger partial charge in [0.15, 0.2) is 0 Å². The molecule has 0 atom stereocenters. The molecule has 0 N–H and O–H groups in total. The van der Waals surface area contributed by atoms with Gasteiger partial charge in [-0.1, -0.05) is 54.6 Å². The quantitative estimate of drug-likeness (QED) is 0.370. The fourth-order valence-electron chi connectivity index (χ4n) is 3.23. The maximum absolute atomic E-state index is 12.5. The Labute approximate surface area is 151 Å². The van der Waals surface area contributed by atoms with E-state index in [2.05, 4.69) is 30.3 Å². The largest absolute Gasteiger partial charge is 0.497 e. The summed E-state index contributed by atoms with van der Waals surface area (Å²) in [4.78, 5) is 12.5. The second-order valence-electron chi connectivity index (χ2n) is 6.11. The molecule has 0 saturated heterocycles. The summed E-state index contributed by atoms with van der Waals surface area (Å²) >= 11 is 0. The van der Waals surface area contributed by atoms with Gasteiger partial charge < -0.3 is 9.47 Å². The molecule has 0 spiro atoms. The molecule has 3 nitrogen and oxygen atoms in total. The number of fused-ring (bicyclic) bond motifs is 2. The third kappa shape index (κ3) is 3.00. The van der Waals surface area contributed by atoms with Gasteiger partial charge in [-0.05, 0) is 45.8 Å². The van der Waals surface area contributed by atoms with Crippen LogP contribution in [-0.4, -0.2) is 13.1 Å². The van der Waals surface area contributed by atoms with E-state index in [9.17, 15) is 4.79 Å². The van der Waals surface area contributed by atoms with Crippen LogP contribution in [0.25, 0.3) is 21.5 Å². The van der Waals surface area contributed by atoms with Crippen LogP contribution in [0.1, 0.15) is 15.9 Å². The number of carbonyl (C=O) groups excluding carboxylic acids is 1. The number of carbonyl (C=O) groups is 1. The molecule has 0 bridgehead atoms. The van der Waals surface area contributed by atoms with Gasteiger partial charge in [-0.3, -0.25) is 0 Å². The van der Waals surface area contributed by atoms with Gasteiger partial charge in [0, 0.05) is 5.56 Å². The van der Waals surface area contributed by atoms with Crippen molar-refractivity contribution in [2.45, 2.75) is 6.61 Å². The Morgan fingerprint density at radius 1 is 0.808 bits per heavy atom. The molecule has 4 aromatic carbocycles. The van der Waals surface area contributed by atoms with E-state index in [0.29, 0.717) is 11.3 Å². The smallest absolute Gasteiger partial charge is 0.338 e. The van der Waals surface area contributed by atoms with Gasteiger partial charge in [0.1, 0.15) is 12.4 Å². The Morgan fingerprint density at radius 3 is 2.12 bits per heavy atom. The molecule has 0 radical (unpaired) electrons. The number of benzene rings is 4. The number of esters is 1. The molecule has 0 aliphatic carbocycles. The van der Waals surface area contributed by atoms with Crippen molar-refractivity contribution in [2.75, 3.05) is 7.11 Å². The van der Waals surface area contributed by atoms with Crippen molar-refractivity contribution in [1.82, 2.24) is 0 Å². The van der Waals surface area contributed by atoms with E-state index in [4.69, 9.17) is 9.47 Å². The first-order valence-corrected chi connectivity index (χ1v) is 8.47. The minimum Gasteiger partial charge on any atom is -0.497 e. The Balaban J connectivity index is 1.70. The summed E-state index contributed by atoms with van der Waals surface area (Å²) in [7, 11) is 1.58. The molecule has 0 aliphatic heterocycles. The van der Waals surface area contributed by atoms with Crippen molar-refractivity contribution < 1.29 is 14.3 Å². The van der Waals surface area contributed by atoms with Gasteiger partial charge in [-0.2, -0.15) is 0 Å². The number of hydrogen-bond acceptors (Lipinski definition) is 3. The first-order chi connectivity index (χ1) is 12.8. The second kappa shape index (κ2) is 6.89. The fourth-order valence-corrected chi connectivity index (χ4v) is 3.23. The maximum atomic E-state index is 12.5. The van der Waals surface area contributed by atoms with Crippen LogP contribution in [0.15, 0.2) is 78.9 Å². The highest BCUT2D eigenvalue weighted by Gasteiger charge is 2.12. The monoisotopic (exact) mass is 342 g/mol. The number of rotatable bonds is 4. The highest BCUT2D eigenvalue weighted by atomic mass is 16.5. The van der Waals surface area contributed by atoms with Crippen LogP contribution < -0.4 is 4.74 Å². The summed E-state index contributed by atoms with van der Waals surface area (Å²) in [5.41, 5.74) is 1.50. The SMILES string of the molecule is COc1cccc(C(=O)OCc2c3ccccc3cc3ccccc23)c1. The predicted octanol–water partition coefficient (Wildman–Crippen LogP) is 5.36. The first-order valence-electron chi connectivity index (χ1n) is 8.47. The summed E-state index contributed by atoms with van der Waals surface area (Å²) in [6.07, 6.45) is 0. The zero-order valence-corrected chi connectivity index (χ0v) is 14.4. The van der Waals surface area contributed by atoms with Gasteiger partial charge in [-0.25, -0.2) is 4.79 Å². The van der Waals surface area contributed by atoms with Crippen molar-refractivity contribution >= 4 is 27.5 Å². The van der Waals surface area contributed by atoms with E-state index in [-0.39, 0.29) is 12.6 Å². The average molecular weight is 342 g/mol. The molecule has 0 saturated carbocycles. The van der Waals surface area contributed by atoms with Crippen molar-refractivity contribution in [3.63, 3.8) is 0 Å². The van der Waals surface area contributed by atoms with E-state index >= 15 is 0 Å². The van der Waals surface area contributed by atoms with E-state index < -0.39 is 0 Å². The minimum atomic E-state index is -0.360. The summed E-state index contributed by atoms with van der Waals surface area (Å²) in [6.45, 7) is 0.220. The third-order valence-corrected chi connectivity index (χ3v) is 4.54. The van der Waals surface area contributed by atoms with Crippen LogP contribution in [0.5, 0.6) is 5.75 Å². The van der Waals surface area contributed by atoms with Crippen LogP contribution >= 0.6 is 0 Å². The van der Waals surface area contributed by atoms with E-state index in [1.807, 2.05) is 24.3 Å². The number of methoxy groups -OCH3 is 1. The molecule has 128 valence electrons. The van der Waals surface area contributed by atoms with Gasteiger partial charge in [0.05, 0.1) is 12.7 Å². The third-order valence-electron chi connectivity index (χ3n) is 4.54. The average Bonchev–Trinajstić information content (AvgIpc) is 2.71. The highest BCUT2D eigenvalue weighted by molar-refractivity contribution is 6.02. The standard InChI is InChI=1S/C23H18O3/c1-25-19-10-6-9-18(14-19)23(24)26-15-22-20-11-4-2-7-16(20)13-17-8-3-5-12-21(17)22/h2-14H,15H2,1H3. The summed E-state index contributed by atoms with van der Waals surface area (Å²) in [6, 6.07) is 25.5. The predicted molar refractivity (Wildman–Crippen MR) is 104 cm³/mol. The Hall–Kier alpha value is -3.33. The molecule has 3 heteroatoms. The van der Waals surface area contributed by atoms with E-state index in [1.54, 1.807) is 31.4 Å². The lowest BCUT2D eigenvalue weighted by Crippen LogP contribution is -2.06. The van der Waals surface area contributed by atoms with Gasteiger partial charge >= 0.3 is 5.97 Å². The van der Waals surface area contributed by atoms with Gasteiger partial charge in [0.2, 0.25) is 0 Å². The first kappa shape index (κ1) is 16.2. The maximum Gasteiger partial charge on any atom is 0.338 e. The molecule has 0 heterocycles. The van der Waals surface area contributed by atoms with Crippen molar-refractivity contribution in [1.29, 1.82) is 0 Å². The molecule has 0 unspecified atom stereocenters. The minimum absolute atomic E-state index is 0.220. The van der Waals surface area contributed by atoms with E-state index in [1.165, 1.54) is 0 Å². The normalized spacial score (nSPS) is 10.8. The Kier molecular flexibility index (Phi) is 4.28. The molecular formula is C23H18O3. The topological polar surface area (TPSA) is 35.5 Å². The van der Waals surface area contributed by atoms with Crippen molar-refractivity contribution in [3.8, 4) is 5.75 Å². The number of ether oxygens (including phenoxy) is 2. The second-order valence-corrected chi connectivity index (χ2v) is 6.11. The van der Waals surface area contributed by atoms with E-state index in [0.717, 1.165) is 27.1 Å². The summed E-state index contributed by atoms with van der Waals surface area (Å²) in [5, 5.41) is 4.48. The summed E-state index contributed by atoms with van der Waals surface area (Å²) in [5.74, 6) is 0.274. The molecule has 0 fully saturated rings. The Morgan fingerprint density at radius 2 is 1.46 bits per heavy atom. The van der Waals surface area contributed by atoms with Crippen LogP contribution in [0.3, 0.4) is 0 Å². The molecule has 0 amide bonds. The summed E-state index contributed by atoms with van der Waals surface area (Å²) < 4.78 is 10.8. The molecule has 0 aromatic heterocycles. The molecule has 4 aromatic rings. The highest BCUT2D eigenvalue weighted by Crippen LogP contribution is 2.29. The van der Waals surface area contributed by atoms with Crippen LogP contribution in [0.2, 0.25) is 0 Å². The molecule has 4 rings (SSSR count). The molecule has 26 heavy (non-hydrogen) atoms. The molecular weight excluding hydrogens is 324 g/mol. The lowest BCUT2D eigenvalue weighted by atomic mass is 9.97. The lowest BCUT2D eigenvalue weighted by molar-refractivity contribution is 0.0475. The zero-order chi connectivity index (χ0) is 17.9. The fraction of sp³-hybridized carbons (Fsp3) is 0.0870. The van der Waals surface area contributed by atoms with Gasteiger partial charge in [0.25, 0.3) is 0 Å². The zero-order valence-electron chi connectivity index (χ0n) is 14.4. The van der Waals surface area contributed by atoms with Crippen LogP contribution in [-0.2, 0) is 11.3 Å². The van der Waals surface area contributed by atoms with Crippen molar-refractivity contribution in [2.24, 2.45) is 0 Å². The number of hydrogen-bond donors (Lipinski definition) is 0. The lowest BCUT2D eigenvalue weighted by Gasteiger charge is -2.12. The molecule has 0 aliphatic rings. The van der Waals surface area contributed by atoms with Crippen LogP contribution in [0, 0.1) is 0 Å². The van der Waals surface area contributed by atoms with Crippen LogP contribution in [0.4, 0.5) is 0 Å². The van der Waals surface area contributed by atoms with Crippen molar-refractivity contribution in [3.05, 3.63) is 90.0 Å².